The van der Waals surface area contributed by atoms with Gasteiger partial charge in [-0.3, -0.25) is 4.79 Å². The first-order valence-corrected chi connectivity index (χ1v) is 6.19. The average Bonchev–Trinajstić information content (AvgIpc) is 2.96. The lowest BCUT2D eigenvalue weighted by Gasteiger charge is -2.11. The fourth-order valence-electron chi connectivity index (χ4n) is 1.69. The Hall–Kier alpha value is -0.980. The summed E-state index contributed by atoms with van der Waals surface area (Å²) in [6.45, 7) is 0.958. The number of rotatable bonds is 4. The Morgan fingerprint density at radius 1 is 1.69 bits per heavy atom. The first kappa shape index (κ1) is 11.5. The molecule has 3 N–H and O–H groups in total. The summed E-state index contributed by atoms with van der Waals surface area (Å²) in [6, 6.07) is 0. The minimum Gasteiger partial charge on any atom is -0.364 e. The molecule has 1 fully saturated rings. The third-order valence-corrected chi connectivity index (χ3v) is 3.34. The molecule has 2 unspecified atom stereocenters. The third kappa shape index (κ3) is 2.78. The highest BCUT2D eigenvalue weighted by Gasteiger charge is 2.29. The lowest BCUT2D eigenvalue weighted by molar-refractivity contribution is -0.132. The summed E-state index contributed by atoms with van der Waals surface area (Å²) in [5.41, 5.74) is 5.48. The van der Waals surface area contributed by atoms with Crippen LogP contribution in [0, 0.1) is 0 Å². The summed E-state index contributed by atoms with van der Waals surface area (Å²) >= 11 is 1.53. The number of aromatic nitrogens is 1. The van der Waals surface area contributed by atoms with Gasteiger partial charge < -0.3 is 15.8 Å². The summed E-state index contributed by atoms with van der Waals surface area (Å²) in [4.78, 5) is 15.8. The Morgan fingerprint density at radius 2 is 2.56 bits per heavy atom. The number of carbonyl (C=O) groups is 1. The molecule has 6 heteroatoms. The molecule has 0 radical (unpaired) electrons. The number of hydrogen-bond acceptors (Lipinski definition) is 5. The van der Waals surface area contributed by atoms with E-state index in [1.165, 1.54) is 11.3 Å². The van der Waals surface area contributed by atoms with E-state index in [0.29, 0.717) is 13.1 Å². The molecule has 1 saturated heterocycles. The van der Waals surface area contributed by atoms with E-state index in [1.54, 1.807) is 6.20 Å². The van der Waals surface area contributed by atoms with Crippen molar-refractivity contribution in [2.24, 2.45) is 5.73 Å². The Labute approximate surface area is 98.0 Å². The van der Waals surface area contributed by atoms with Crippen molar-refractivity contribution >= 4 is 17.2 Å². The number of nitrogens with two attached hydrogens (primary N) is 1. The molecule has 2 heterocycles. The van der Waals surface area contributed by atoms with Gasteiger partial charge in [0.25, 0.3) is 0 Å². The zero-order valence-electron chi connectivity index (χ0n) is 8.89. The Balaban J connectivity index is 1.76. The second-order valence-electron chi connectivity index (χ2n) is 3.70. The first-order chi connectivity index (χ1) is 7.79. The van der Waals surface area contributed by atoms with Crippen molar-refractivity contribution in [1.29, 1.82) is 0 Å². The molecule has 0 aliphatic carbocycles. The fourth-order valence-corrected chi connectivity index (χ4v) is 2.24. The van der Waals surface area contributed by atoms with Gasteiger partial charge in [0.15, 0.2) is 0 Å². The van der Waals surface area contributed by atoms with Crippen LogP contribution in [0.2, 0.25) is 0 Å². The number of nitrogens with zero attached hydrogens (tertiary/aromatic N) is 1. The topological polar surface area (TPSA) is 77.2 Å². The van der Waals surface area contributed by atoms with Gasteiger partial charge >= 0.3 is 0 Å². The molecular formula is C10H15N3O2S. The van der Waals surface area contributed by atoms with Crippen molar-refractivity contribution in [1.82, 2.24) is 10.3 Å². The summed E-state index contributed by atoms with van der Waals surface area (Å²) in [7, 11) is 0. The zero-order chi connectivity index (χ0) is 11.4. The van der Waals surface area contributed by atoms with Crippen molar-refractivity contribution in [2.45, 2.75) is 31.6 Å². The van der Waals surface area contributed by atoms with Crippen LogP contribution >= 0.6 is 11.3 Å². The molecule has 1 amide bonds. The van der Waals surface area contributed by atoms with Crippen LogP contribution in [0.4, 0.5) is 0 Å². The second-order valence-corrected chi connectivity index (χ2v) is 4.68. The van der Waals surface area contributed by atoms with E-state index < -0.39 is 0 Å². The van der Waals surface area contributed by atoms with Crippen LogP contribution in [0.1, 0.15) is 17.8 Å². The average molecular weight is 241 g/mol. The van der Waals surface area contributed by atoms with Crippen LogP contribution in [0.3, 0.4) is 0 Å². The van der Waals surface area contributed by atoms with E-state index >= 15 is 0 Å². The first-order valence-electron chi connectivity index (χ1n) is 5.31. The predicted octanol–water partition coefficient (Wildman–Crippen LogP) is 0.266. The number of amides is 1. The van der Waals surface area contributed by atoms with Gasteiger partial charge in [-0.1, -0.05) is 0 Å². The molecule has 16 heavy (non-hydrogen) atoms. The highest BCUT2D eigenvalue weighted by molar-refractivity contribution is 7.09. The number of nitrogens with one attached hydrogen (secondary N) is 1. The molecule has 1 aromatic rings. The fraction of sp³-hybridized carbons (Fsp3) is 0.600. The molecule has 2 rings (SSSR count). The van der Waals surface area contributed by atoms with E-state index in [9.17, 15) is 4.79 Å². The van der Waals surface area contributed by atoms with Gasteiger partial charge in [-0.15, -0.1) is 11.3 Å². The maximum atomic E-state index is 11.7. The zero-order valence-corrected chi connectivity index (χ0v) is 9.70. The van der Waals surface area contributed by atoms with Gasteiger partial charge in [0.1, 0.15) is 11.1 Å². The van der Waals surface area contributed by atoms with Crippen molar-refractivity contribution in [2.75, 3.05) is 6.54 Å². The highest BCUT2D eigenvalue weighted by Crippen LogP contribution is 2.18. The number of thiazole rings is 1. The minimum absolute atomic E-state index is 0.0376. The van der Waals surface area contributed by atoms with E-state index in [2.05, 4.69) is 10.3 Å². The van der Waals surface area contributed by atoms with Gasteiger partial charge in [-0.25, -0.2) is 4.98 Å². The smallest absolute Gasteiger partial charge is 0.249 e. The van der Waals surface area contributed by atoms with Crippen LogP contribution in [-0.4, -0.2) is 29.6 Å². The van der Waals surface area contributed by atoms with Gasteiger partial charge in [0, 0.05) is 18.1 Å². The van der Waals surface area contributed by atoms with Crippen LogP contribution < -0.4 is 11.1 Å². The van der Waals surface area contributed by atoms with E-state index in [0.717, 1.165) is 17.8 Å². The summed E-state index contributed by atoms with van der Waals surface area (Å²) in [5.74, 6) is -0.0637. The maximum Gasteiger partial charge on any atom is 0.249 e. The quantitative estimate of drug-likeness (QED) is 0.793. The predicted molar refractivity (Wildman–Crippen MR) is 60.9 cm³/mol. The van der Waals surface area contributed by atoms with Gasteiger partial charge in [-0.05, 0) is 12.8 Å². The van der Waals surface area contributed by atoms with Crippen molar-refractivity contribution < 1.29 is 9.53 Å². The monoisotopic (exact) mass is 241 g/mol. The van der Waals surface area contributed by atoms with E-state index in [4.69, 9.17) is 10.5 Å². The van der Waals surface area contributed by atoms with Crippen LogP contribution in [0.15, 0.2) is 11.6 Å². The van der Waals surface area contributed by atoms with Crippen molar-refractivity contribution in [3.63, 3.8) is 0 Å². The number of ether oxygens (including phenoxy) is 1. The third-order valence-electron chi connectivity index (χ3n) is 2.56. The van der Waals surface area contributed by atoms with Crippen LogP contribution in [0.5, 0.6) is 0 Å². The molecule has 0 bridgehead atoms. The molecule has 1 aliphatic heterocycles. The lowest BCUT2D eigenvalue weighted by atomic mass is 10.2. The molecule has 0 aromatic carbocycles. The highest BCUT2D eigenvalue weighted by atomic mass is 32.1. The van der Waals surface area contributed by atoms with Crippen molar-refractivity contribution in [3.8, 4) is 0 Å². The maximum absolute atomic E-state index is 11.7. The SMILES string of the molecule is NCC1CCC(C(=O)NCc2nccs2)O1. The molecular weight excluding hydrogens is 226 g/mol. The summed E-state index contributed by atoms with van der Waals surface area (Å²) in [6.07, 6.45) is 3.05. The molecule has 1 aliphatic rings. The van der Waals surface area contributed by atoms with E-state index in [1.807, 2.05) is 5.38 Å². The van der Waals surface area contributed by atoms with E-state index in [-0.39, 0.29) is 18.1 Å². The second kappa shape index (κ2) is 5.38. The minimum atomic E-state index is -0.339. The van der Waals surface area contributed by atoms with Gasteiger partial charge in [-0.2, -0.15) is 0 Å². The van der Waals surface area contributed by atoms with Crippen LogP contribution in [-0.2, 0) is 16.1 Å². The molecule has 0 spiro atoms. The Morgan fingerprint density at radius 3 is 3.19 bits per heavy atom. The number of carbonyl (C=O) groups excluding carboxylic acids is 1. The number of hydrogen-bond donors (Lipinski definition) is 2. The normalized spacial score (nSPS) is 24.6. The molecule has 1 aromatic heterocycles. The summed E-state index contributed by atoms with van der Waals surface area (Å²) in [5, 5.41) is 5.61. The molecule has 5 nitrogen and oxygen atoms in total. The summed E-state index contributed by atoms with van der Waals surface area (Å²) < 4.78 is 5.49. The largest absolute Gasteiger partial charge is 0.364 e. The Bertz CT molecular complexity index is 342. The molecule has 88 valence electrons. The van der Waals surface area contributed by atoms with Gasteiger partial charge in [0.05, 0.1) is 12.6 Å². The molecule has 0 saturated carbocycles. The van der Waals surface area contributed by atoms with Crippen molar-refractivity contribution in [3.05, 3.63) is 16.6 Å². The standard InChI is InChI=1S/C10H15N3O2S/c11-5-7-1-2-8(15-7)10(14)13-6-9-12-3-4-16-9/h3-4,7-8H,1-2,5-6,11H2,(H,13,14). The van der Waals surface area contributed by atoms with Crippen LogP contribution in [0.25, 0.3) is 0 Å². The van der Waals surface area contributed by atoms with Gasteiger partial charge in [0.2, 0.25) is 5.91 Å². The molecule has 2 atom stereocenters. The lowest BCUT2D eigenvalue weighted by Crippen LogP contribution is -2.35. The Kier molecular flexibility index (Phi) is 3.87.